The number of aromatic nitrogens is 2. The second-order valence-corrected chi connectivity index (χ2v) is 7.00. The fourth-order valence-electron chi connectivity index (χ4n) is 2.47. The van der Waals surface area contributed by atoms with Gasteiger partial charge in [-0.05, 0) is 49.5 Å². The number of rotatable bonds is 3. The maximum atomic E-state index is 6.01. The zero-order chi connectivity index (χ0) is 14.0. The van der Waals surface area contributed by atoms with Crippen LogP contribution in [0.25, 0.3) is 0 Å². The molecule has 0 aliphatic carbocycles. The second kappa shape index (κ2) is 5.94. The smallest absolute Gasteiger partial charge is 0.109 e. The van der Waals surface area contributed by atoms with Crippen LogP contribution in [0.15, 0.2) is 10.8 Å². The Bertz CT molecular complexity index is 417. The summed E-state index contributed by atoms with van der Waals surface area (Å²) in [5, 5.41) is 4.21. The highest BCUT2D eigenvalue weighted by Gasteiger charge is 2.27. The molecule has 108 valence electrons. The summed E-state index contributed by atoms with van der Waals surface area (Å²) in [6.07, 6.45) is 4.49. The number of nitrogens with zero attached hydrogens (tertiary/aromatic N) is 3. The van der Waals surface area contributed by atoms with Gasteiger partial charge >= 0.3 is 0 Å². The van der Waals surface area contributed by atoms with Gasteiger partial charge in [-0.25, -0.2) is 0 Å². The van der Waals surface area contributed by atoms with Crippen molar-refractivity contribution in [3.05, 3.63) is 16.4 Å². The van der Waals surface area contributed by atoms with E-state index in [0.29, 0.717) is 12.7 Å². The van der Waals surface area contributed by atoms with Crippen LogP contribution in [0.5, 0.6) is 0 Å². The molecule has 0 radical (unpaired) electrons. The molecule has 0 unspecified atom stereocenters. The molecule has 0 spiro atoms. The van der Waals surface area contributed by atoms with Gasteiger partial charge in [0.15, 0.2) is 0 Å². The Labute approximate surface area is 124 Å². The minimum atomic E-state index is 0.275. The molecule has 0 bridgehead atoms. The highest BCUT2D eigenvalue weighted by atomic mass is 79.9. The van der Waals surface area contributed by atoms with Crippen LogP contribution in [0.3, 0.4) is 0 Å². The fourth-order valence-corrected chi connectivity index (χ4v) is 2.77. The Balaban J connectivity index is 1.79. The van der Waals surface area contributed by atoms with Gasteiger partial charge in [-0.2, -0.15) is 5.10 Å². The third kappa shape index (κ3) is 3.80. The summed E-state index contributed by atoms with van der Waals surface area (Å²) < 4.78 is 8.85. The molecular formula is C14H24BrN3O. The summed E-state index contributed by atoms with van der Waals surface area (Å²) in [5.41, 5.74) is 1.40. The van der Waals surface area contributed by atoms with Gasteiger partial charge in [0, 0.05) is 31.2 Å². The average molecular weight is 330 g/mol. The topological polar surface area (TPSA) is 30.3 Å². The van der Waals surface area contributed by atoms with Crippen molar-refractivity contribution in [3.63, 3.8) is 0 Å². The predicted octanol–water partition coefficient (Wildman–Crippen LogP) is 2.96. The molecular weight excluding hydrogens is 306 g/mol. The Hall–Kier alpha value is -0.390. The van der Waals surface area contributed by atoms with E-state index in [1.807, 2.05) is 17.9 Å². The van der Waals surface area contributed by atoms with E-state index < -0.39 is 0 Å². The van der Waals surface area contributed by atoms with Crippen LogP contribution in [0.1, 0.15) is 39.2 Å². The summed E-state index contributed by atoms with van der Waals surface area (Å²) in [7, 11) is 1.93. The number of hydrogen-bond donors (Lipinski definition) is 0. The highest BCUT2D eigenvalue weighted by molar-refractivity contribution is 9.10. The lowest BCUT2D eigenvalue weighted by molar-refractivity contribution is -0.0210. The lowest BCUT2D eigenvalue weighted by Gasteiger charge is -2.40. The first-order chi connectivity index (χ1) is 8.88. The standard InChI is InChI=1S/C14H24BrN3O/c1-14(2,3)18-7-5-12(6-8-18)19-10-11-9-16-17(4)13(11)15/h9,12H,5-8,10H2,1-4H3. The van der Waals surface area contributed by atoms with Gasteiger partial charge in [0.05, 0.1) is 18.9 Å². The highest BCUT2D eigenvalue weighted by Crippen LogP contribution is 2.23. The van der Waals surface area contributed by atoms with Gasteiger partial charge in [0.2, 0.25) is 0 Å². The van der Waals surface area contributed by atoms with Crippen LogP contribution in [0.4, 0.5) is 0 Å². The molecule has 1 aliphatic rings. The van der Waals surface area contributed by atoms with Crippen LogP contribution >= 0.6 is 15.9 Å². The van der Waals surface area contributed by atoms with Gasteiger partial charge < -0.3 is 4.74 Å². The van der Waals surface area contributed by atoms with Gasteiger partial charge in [-0.1, -0.05) is 0 Å². The van der Waals surface area contributed by atoms with E-state index in [1.165, 1.54) is 0 Å². The van der Waals surface area contributed by atoms with Gasteiger partial charge in [-0.15, -0.1) is 0 Å². The Morgan fingerprint density at radius 2 is 2.00 bits per heavy atom. The average Bonchev–Trinajstić information content (AvgIpc) is 2.67. The van der Waals surface area contributed by atoms with Crippen molar-refractivity contribution >= 4 is 15.9 Å². The summed E-state index contributed by atoms with van der Waals surface area (Å²) >= 11 is 3.52. The maximum absolute atomic E-state index is 6.01. The number of hydrogen-bond acceptors (Lipinski definition) is 3. The molecule has 1 fully saturated rings. The molecule has 0 amide bonds. The lowest BCUT2D eigenvalue weighted by Crippen LogP contribution is -2.47. The normalized spacial score (nSPS) is 19.0. The molecule has 19 heavy (non-hydrogen) atoms. The maximum Gasteiger partial charge on any atom is 0.109 e. The molecule has 1 aromatic rings. The van der Waals surface area contributed by atoms with E-state index in [2.05, 4.69) is 46.7 Å². The van der Waals surface area contributed by atoms with E-state index >= 15 is 0 Å². The second-order valence-electron chi connectivity index (χ2n) is 6.25. The van der Waals surface area contributed by atoms with Crippen LogP contribution in [0.2, 0.25) is 0 Å². The predicted molar refractivity (Wildman–Crippen MR) is 80.0 cm³/mol. The number of halogens is 1. The third-order valence-corrected chi connectivity index (χ3v) is 4.82. The quantitative estimate of drug-likeness (QED) is 0.854. The summed E-state index contributed by atoms with van der Waals surface area (Å²) in [5.74, 6) is 0. The summed E-state index contributed by atoms with van der Waals surface area (Å²) in [6, 6.07) is 0. The van der Waals surface area contributed by atoms with Crippen LogP contribution in [-0.4, -0.2) is 39.4 Å². The minimum Gasteiger partial charge on any atom is -0.373 e. The number of piperidine rings is 1. The van der Waals surface area contributed by atoms with E-state index in [0.717, 1.165) is 36.1 Å². The molecule has 0 N–H and O–H groups in total. The van der Waals surface area contributed by atoms with E-state index in [1.54, 1.807) is 0 Å². The van der Waals surface area contributed by atoms with Crippen LogP contribution in [0, 0.1) is 0 Å². The summed E-state index contributed by atoms with van der Waals surface area (Å²) in [6.45, 7) is 9.74. The Morgan fingerprint density at radius 1 is 1.37 bits per heavy atom. The molecule has 0 saturated carbocycles. The molecule has 1 aromatic heterocycles. The molecule has 0 atom stereocenters. The first kappa shape index (κ1) is 15.0. The number of ether oxygens (including phenoxy) is 1. The molecule has 5 heteroatoms. The van der Waals surface area contributed by atoms with Crippen molar-refractivity contribution in [1.29, 1.82) is 0 Å². The summed E-state index contributed by atoms with van der Waals surface area (Å²) in [4.78, 5) is 2.53. The van der Waals surface area contributed by atoms with E-state index in [-0.39, 0.29) is 5.54 Å². The SMILES string of the molecule is Cn1ncc(COC2CCN(C(C)(C)C)CC2)c1Br. The largest absolute Gasteiger partial charge is 0.373 e. The molecule has 4 nitrogen and oxygen atoms in total. The van der Waals surface area contributed by atoms with Crippen molar-refractivity contribution in [2.24, 2.45) is 7.05 Å². The van der Waals surface area contributed by atoms with Gasteiger partial charge in [0.1, 0.15) is 4.60 Å². The monoisotopic (exact) mass is 329 g/mol. The Morgan fingerprint density at radius 3 is 2.47 bits per heavy atom. The molecule has 2 heterocycles. The van der Waals surface area contributed by atoms with Crippen LogP contribution in [-0.2, 0) is 18.4 Å². The Kier molecular flexibility index (Phi) is 4.69. The molecule has 2 rings (SSSR count). The van der Waals surface area contributed by atoms with Crippen LogP contribution < -0.4 is 0 Å². The molecule has 0 aromatic carbocycles. The first-order valence-electron chi connectivity index (χ1n) is 6.91. The van der Waals surface area contributed by atoms with E-state index in [9.17, 15) is 0 Å². The number of aryl methyl sites for hydroxylation is 1. The van der Waals surface area contributed by atoms with Crippen molar-refractivity contribution in [2.75, 3.05) is 13.1 Å². The third-order valence-electron chi connectivity index (χ3n) is 3.80. The zero-order valence-electron chi connectivity index (χ0n) is 12.3. The molecule has 1 saturated heterocycles. The van der Waals surface area contributed by atoms with Crippen molar-refractivity contribution in [1.82, 2.24) is 14.7 Å². The molecule has 1 aliphatic heterocycles. The minimum absolute atomic E-state index is 0.275. The van der Waals surface area contributed by atoms with Gasteiger partial charge in [0.25, 0.3) is 0 Å². The lowest BCUT2D eigenvalue weighted by atomic mass is 9.99. The van der Waals surface area contributed by atoms with Crippen molar-refractivity contribution in [3.8, 4) is 0 Å². The zero-order valence-corrected chi connectivity index (χ0v) is 13.9. The fraction of sp³-hybridized carbons (Fsp3) is 0.786. The first-order valence-corrected chi connectivity index (χ1v) is 7.70. The van der Waals surface area contributed by atoms with Crippen molar-refractivity contribution in [2.45, 2.75) is 51.9 Å². The van der Waals surface area contributed by atoms with Crippen molar-refractivity contribution < 1.29 is 4.74 Å². The number of likely N-dealkylation sites (tertiary alicyclic amines) is 1. The van der Waals surface area contributed by atoms with E-state index in [4.69, 9.17) is 4.74 Å². The van der Waals surface area contributed by atoms with Gasteiger partial charge in [-0.3, -0.25) is 9.58 Å².